The maximum atomic E-state index is 6.71. The fourth-order valence-electron chi connectivity index (χ4n) is 8.83. The molecule has 0 N–H and O–H groups in total. The van der Waals surface area contributed by atoms with Crippen molar-refractivity contribution < 1.29 is 4.42 Å². The zero-order valence-electron chi connectivity index (χ0n) is 29.0. The maximum Gasteiger partial charge on any atom is 0.213 e. The first-order chi connectivity index (χ1) is 26.8. The van der Waals surface area contributed by atoms with E-state index in [9.17, 15) is 0 Å². The van der Waals surface area contributed by atoms with E-state index in [0.29, 0.717) is 0 Å². The molecular weight excluding hydrogens is 677 g/mol. The summed E-state index contributed by atoms with van der Waals surface area (Å²) in [5.41, 5.74) is 12.4. The van der Waals surface area contributed by atoms with Crippen LogP contribution in [-0.4, -0.2) is 9.13 Å². The molecular formula is C50H30N2OS. The third-order valence-electron chi connectivity index (χ3n) is 11.2. The molecule has 0 radical (unpaired) electrons. The van der Waals surface area contributed by atoms with Crippen LogP contribution >= 0.6 is 11.3 Å². The van der Waals surface area contributed by atoms with Gasteiger partial charge in [-0.3, -0.25) is 4.57 Å². The van der Waals surface area contributed by atoms with Crippen molar-refractivity contribution >= 4 is 86.3 Å². The Balaban J connectivity index is 1.02. The zero-order chi connectivity index (χ0) is 35.3. The number of rotatable bonds is 4. The van der Waals surface area contributed by atoms with E-state index in [4.69, 9.17) is 4.42 Å². The molecule has 0 unspecified atom stereocenters. The van der Waals surface area contributed by atoms with Crippen LogP contribution in [0.1, 0.15) is 0 Å². The van der Waals surface area contributed by atoms with Gasteiger partial charge in [-0.25, -0.2) is 0 Å². The van der Waals surface area contributed by atoms with Gasteiger partial charge in [0.15, 0.2) is 0 Å². The maximum absolute atomic E-state index is 6.71. The van der Waals surface area contributed by atoms with Crippen molar-refractivity contribution in [1.82, 2.24) is 9.13 Å². The Hall–Kier alpha value is -6.88. The molecule has 54 heavy (non-hydrogen) atoms. The Morgan fingerprint density at radius 1 is 0.370 bits per heavy atom. The van der Waals surface area contributed by atoms with Gasteiger partial charge in [0.05, 0.1) is 21.9 Å². The van der Waals surface area contributed by atoms with Gasteiger partial charge in [0, 0.05) is 53.1 Å². The summed E-state index contributed by atoms with van der Waals surface area (Å²) in [6.07, 6.45) is 0. The molecule has 0 aliphatic heterocycles. The molecule has 4 heteroatoms. The lowest BCUT2D eigenvalue weighted by atomic mass is 9.98. The molecule has 0 atom stereocenters. The van der Waals surface area contributed by atoms with Crippen LogP contribution in [0.3, 0.4) is 0 Å². The number of para-hydroxylation sites is 3. The van der Waals surface area contributed by atoms with Gasteiger partial charge in [0.2, 0.25) is 5.71 Å². The van der Waals surface area contributed by atoms with Crippen LogP contribution in [0.25, 0.3) is 109 Å². The summed E-state index contributed by atoms with van der Waals surface area (Å²) in [4.78, 5) is 0. The first kappa shape index (κ1) is 29.7. The minimum atomic E-state index is 0.870. The van der Waals surface area contributed by atoms with Crippen molar-refractivity contribution in [3.8, 4) is 33.6 Å². The number of nitrogens with zero attached hydrogens (tertiary/aromatic N) is 2. The molecule has 252 valence electrons. The van der Waals surface area contributed by atoms with E-state index in [1.54, 1.807) is 0 Å². The summed E-state index contributed by atoms with van der Waals surface area (Å²) in [5.74, 6) is 0. The van der Waals surface area contributed by atoms with Gasteiger partial charge in [-0.1, -0.05) is 115 Å². The van der Waals surface area contributed by atoms with Crippen LogP contribution in [0.15, 0.2) is 186 Å². The average molecular weight is 707 g/mol. The molecule has 12 aromatic rings. The fourth-order valence-corrected chi connectivity index (χ4v) is 9.96. The van der Waals surface area contributed by atoms with E-state index >= 15 is 0 Å². The third kappa shape index (κ3) is 4.17. The summed E-state index contributed by atoms with van der Waals surface area (Å²) in [6.45, 7) is 0. The number of benzene rings is 8. The SMILES string of the molecule is c1ccc(-n2c3ccccc3c3c4c(-c5ccc(-n6c7ccccc7c7cc(-c8cccc9sc%10ccccc%10c89)ccc76)cc5)cccc4oc32)cc1. The van der Waals surface area contributed by atoms with Crippen molar-refractivity contribution in [2.24, 2.45) is 0 Å². The Kier molecular flexibility index (Phi) is 6.21. The minimum Gasteiger partial charge on any atom is -0.439 e. The molecule has 0 aliphatic carbocycles. The monoisotopic (exact) mass is 706 g/mol. The van der Waals surface area contributed by atoms with E-state index in [-0.39, 0.29) is 0 Å². The standard InChI is InChI=1S/C50H30N2OS/c1-2-12-33(13-3-1)52-42-20-8-5-15-38(42)49-48-35(17-10-21-44(48)53-50(49)52)31-24-27-34(28-25-31)51-41-19-7-4-14-37(41)40-30-32(26-29-43(40)51)36-18-11-23-46-47(36)39-16-6-9-22-45(39)54-46/h1-30H. The van der Waals surface area contributed by atoms with E-state index in [1.807, 2.05) is 11.3 Å². The summed E-state index contributed by atoms with van der Waals surface area (Å²) < 4.78 is 14.0. The molecule has 0 saturated heterocycles. The predicted molar refractivity (Wildman–Crippen MR) is 229 cm³/mol. The normalized spacial score (nSPS) is 12.1. The van der Waals surface area contributed by atoms with Crippen LogP contribution in [0.2, 0.25) is 0 Å². The second-order valence-corrected chi connectivity index (χ2v) is 15.1. The molecule has 3 nitrogen and oxygen atoms in total. The van der Waals surface area contributed by atoms with Gasteiger partial charge in [-0.05, 0) is 89.0 Å². The summed E-state index contributed by atoms with van der Waals surface area (Å²) in [6, 6.07) is 65.8. The number of thiophene rings is 1. The Bertz CT molecular complexity index is 3430. The van der Waals surface area contributed by atoms with Crippen LogP contribution < -0.4 is 0 Å². The van der Waals surface area contributed by atoms with Crippen molar-refractivity contribution in [3.63, 3.8) is 0 Å². The van der Waals surface area contributed by atoms with Crippen molar-refractivity contribution in [1.29, 1.82) is 0 Å². The molecule has 4 heterocycles. The molecule has 8 aromatic carbocycles. The number of aromatic nitrogens is 2. The molecule has 12 rings (SSSR count). The Morgan fingerprint density at radius 2 is 0.981 bits per heavy atom. The number of fused-ring (bicyclic) bond motifs is 11. The largest absolute Gasteiger partial charge is 0.439 e. The first-order valence-electron chi connectivity index (χ1n) is 18.3. The van der Waals surface area contributed by atoms with E-state index in [1.165, 1.54) is 58.5 Å². The summed E-state index contributed by atoms with van der Waals surface area (Å²) in [7, 11) is 0. The van der Waals surface area contributed by atoms with Gasteiger partial charge in [-0.2, -0.15) is 0 Å². The highest BCUT2D eigenvalue weighted by Crippen LogP contribution is 2.44. The van der Waals surface area contributed by atoms with Gasteiger partial charge in [-0.15, -0.1) is 11.3 Å². The minimum absolute atomic E-state index is 0.870. The number of furan rings is 1. The van der Waals surface area contributed by atoms with Crippen LogP contribution in [0.5, 0.6) is 0 Å². The zero-order valence-corrected chi connectivity index (χ0v) is 29.8. The van der Waals surface area contributed by atoms with E-state index < -0.39 is 0 Å². The van der Waals surface area contributed by atoms with Gasteiger partial charge in [0.25, 0.3) is 0 Å². The topological polar surface area (TPSA) is 23.0 Å². The highest BCUT2D eigenvalue weighted by molar-refractivity contribution is 7.25. The van der Waals surface area contributed by atoms with Crippen molar-refractivity contribution in [3.05, 3.63) is 182 Å². The molecule has 0 fully saturated rings. The highest BCUT2D eigenvalue weighted by atomic mass is 32.1. The Labute approximate surface area is 314 Å². The highest BCUT2D eigenvalue weighted by Gasteiger charge is 2.22. The van der Waals surface area contributed by atoms with Gasteiger partial charge >= 0.3 is 0 Å². The van der Waals surface area contributed by atoms with Crippen LogP contribution in [-0.2, 0) is 0 Å². The second kappa shape index (κ2) is 11.3. The molecule has 0 aliphatic rings. The Morgan fingerprint density at radius 3 is 1.81 bits per heavy atom. The predicted octanol–water partition coefficient (Wildman–Crippen LogP) is 14.3. The van der Waals surface area contributed by atoms with Crippen molar-refractivity contribution in [2.45, 2.75) is 0 Å². The van der Waals surface area contributed by atoms with Crippen LogP contribution in [0, 0.1) is 0 Å². The molecule has 0 spiro atoms. The number of hydrogen-bond donors (Lipinski definition) is 0. The second-order valence-electron chi connectivity index (χ2n) is 14.1. The quantitative estimate of drug-likeness (QED) is 0.179. The molecule has 4 aromatic heterocycles. The molecule has 0 amide bonds. The van der Waals surface area contributed by atoms with Crippen LogP contribution in [0.4, 0.5) is 0 Å². The van der Waals surface area contributed by atoms with E-state index in [0.717, 1.165) is 50.1 Å². The number of hydrogen-bond acceptors (Lipinski definition) is 2. The van der Waals surface area contributed by atoms with Crippen molar-refractivity contribution in [2.75, 3.05) is 0 Å². The summed E-state index contributed by atoms with van der Waals surface area (Å²) >= 11 is 1.87. The first-order valence-corrected chi connectivity index (χ1v) is 19.2. The average Bonchev–Trinajstić information content (AvgIpc) is 3.98. The fraction of sp³-hybridized carbons (Fsp3) is 0. The summed E-state index contributed by atoms with van der Waals surface area (Å²) in [5, 5.41) is 8.64. The lowest BCUT2D eigenvalue weighted by Crippen LogP contribution is -1.93. The third-order valence-corrected chi connectivity index (χ3v) is 12.3. The van der Waals surface area contributed by atoms with Gasteiger partial charge < -0.3 is 8.98 Å². The lowest BCUT2D eigenvalue weighted by Gasteiger charge is -2.11. The lowest BCUT2D eigenvalue weighted by molar-refractivity contribution is 0.645. The van der Waals surface area contributed by atoms with Gasteiger partial charge in [0.1, 0.15) is 5.58 Å². The van der Waals surface area contributed by atoms with E-state index in [2.05, 4.69) is 191 Å². The molecule has 0 bridgehead atoms. The molecule has 0 saturated carbocycles. The smallest absolute Gasteiger partial charge is 0.213 e.